The Kier molecular flexibility index (Phi) is 3.98. The van der Waals surface area contributed by atoms with Crippen molar-refractivity contribution in [3.8, 4) is 16.3 Å². The maximum atomic E-state index is 11.3. The maximum Gasteiger partial charge on any atom is 0.349 e. The molecule has 4 nitrogen and oxygen atoms in total. The molecule has 0 amide bonds. The first-order valence-corrected chi connectivity index (χ1v) is 6.64. The summed E-state index contributed by atoms with van der Waals surface area (Å²) in [6.07, 6.45) is 1.52. The molecule has 0 fully saturated rings. The van der Waals surface area contributed by atoms with Crippen LogP contribution < -0.4 is 4.74 Å². The van der Waals surface area contributed by atoms with Crippen LogP contribution in [-0.2, 0) is 4.74 Å². The molecule has 0 saturated carbocycles. The first kappa shape index (κ1) is 13.0. The Bertz CT molecular complexity index is 582. The van der Waals surface area contributed by atoms with Crippen molar-refractivity contribution in [3.05, 3.63) is 33.7 Å². The number of halogens is 1. The lowest BCUT2D eigenvalue weighted by atomic mass is 10.2. The minimum absolute atomic E-state index is 0.369. The molecule has 1 heterocycles. The fourth-order valence-corrected chi connectivity index (χ4v) is 2.77. The monoisotopic (exact) mass is 327 g/mol. The minimum Gasteiger partial charge on any atom is -0.496 e. The van der Waals surface area contributed by atoms with Gasteiger partial charge in [0.25, 0.3) is 0 Å². The molecule has 0 saturated heterocycles. The lowest BCUT2D eigenvalue weighted by Crippen LogP contribution is -1.96. The zero-order valence-corrected chi connectivity index (χ0v) is 12.2. The number of benzene rings is 1. The highest BCUT2D eigenvalue weighted by atomic mass is 79.9. The number of ether oxygens (including phenoxy) is 2. The summed E-state index contributed by atoms with van der Waals surface area (Å²) in [5.74, 6) is 0.384. The van der Waals surface area contributed by atoms with Crippen LogP contribution in [0, 0.1) is 0 Å². The van der Waals surface area contributed by atoms with Crippen molar-refractivity contribution in [2.45, 2.75) is 0 Å². The quantitative estimate of drug-likeness (QED) is 0.811. The number of carbonyl (C=O) groups excluding carboxylic acids is 1. The Morgan fingerprint density at radius 1 is 1.39 bits per heavy atom. The van der Waals surface area contributed by atoms with Crippen molar-refractivity contribution >= 4 is 33.2 Å². The molecule has 0 aliphatic carbocycles. The molecule has 1 aromatic carbocycles. The molecule has 2 rings (SSSR count). The number of methoxy groups -OCH3 is 2. The van der Waals surface area contributed by atoms with Gasteiger partial charge in [0.1, 0.15) is 15.6 Å². The highest BCUT2D eigenvalue weighted by molar-refractivity contribution is 9.10. The van der Waals surface area contributed by atoms with Crippen LogP contribution in [0.5, 0.6) is 5.75 Å². The zero-order valence-electron chi connectivity index (χ0n) is 9.77. The molecule has 0 bridgehead atoms. The number of esters is 1. The largest absolute Gasteiger partial charge is 0.496 e. The first-order valence-electron chi connectivity index (χ1n) is 5.03. The first-order chi connectivity index (χ1) is 8.65. The van der Waals surface area contributed by atoms with Gasteiger partial charge in [0.15, 0.2) is 0 Å². The number of hydrogen-bond acceptors (Lipinski definition) is 5. The molecular weight excluding hydrogens is 318 g/mol. The van der Waals surface area contributed by atoms with Gasteiger partial charge in [-0.3, -0.25) is 0 Å². The van der Waals surface area contributed by atoms with Crippen molar-refractivity contribution in [3.63, 3.8) is 0 Å². The number of carbonyl (C=O) groups is 1. The van der Waals surface area contributed by atoms with Crippen molar-refractivity contribution in [2.24, 2.45) is 0 Å². The van der Waals surface area contributed by atoms with Crippen molar-refractivity contribution in [1.29, 1.82) is 0 Å². The SMILES string of the molecule is COC(=O)c1cnc(-c2ccc(OC)c(Br)c2)s1. The summed E-state index contributed by atoms with van der Waals surface area (Å²) in [4.78, 5) is 16.0. The average Bonchev–Trinajstić information content (AvgIpc) is 2.87. The number of hydrogen-bond donors (Lipinski definition) is 0. The summed E-state index contributed by atoms with van der Waals surface area (Å²) in [7, 11) is 2.96. The third-order valence-corrected chi connectivity index (χ3v) is 3.94. The van der Waals surface area contributed by atoms with E-state index in [1.54, 1.807) is 7.11 Å². The molecule has 0 aliphatic heterocycles. The maximum absolute atomic E-state index is 11.3. The van der Waals surface area contributed by atoms with E-state index in [1.165, 1.54) is 24.6 Å². The second-order valence-corrected chi connectivity index (χ2v) is 5.26. The second-order valence-electron chi connectivity index (χ2n) is 3.37. The molecule has 0 radical (unpaired) electrons. The van der Waals surface area contributed by atoms with Crippen molar-refractivity contribution < 1.29 is 14.3 Å². The van der Waals surface area contributed by atoms with Gasteiger partial charge in [0.2, 0.25) is 0 Å². The van der Waals surface area contributed by atoms with Gasteiger partial charge in [0.05, 0.1) is 24.9 Å². The Hall–Kier alpha value is -1.40. The second kappa shape index (κ2) is 5.49. The third-order valence-electron chi connectivity index (χ3n) is 2.29. The van der Waals surface area contributed by atoms with Crippen LogP contribution in [0.2, 0.25) is 0 Å². The summed E-state index contributed by atoms with van der Waals surface area (Å²) in [5.41, 5.74) is 0.919. The van der Waals surface area contributed by atoms with E-state index in [1.807, 2.05) is 18.2 Å². The van der Waals surface area contributed by atoms with Gasteiger partial charge >= 0.3 is 5.97 Å². The van der Waals surface area contributed by atoms with Crippen LogP contribution in [0.1, 0.15) is 9.67 Å². The van der Waals surface area contributed by atoms with E-state index in [9.17, 15) is 4.79 Å². The highest BCUT2D eigenvalue weighted by Crippen LogP contribution is 2.32. The Balaban J connectivity index is 2.34. The fraction of sp³-hybridized carbons (Fsp3) is 0.167. The number of nitrogens with zero attached hydrogens (tertiary/aromatic N) is 1. The van der Waals surface area contributed by atoms with E-state index >= 15 is 0 Å². The number of thiazole rings is 1. The van der Waals surface area contributed by atoms with E-state index < -0.39 is 0 Å². The number of aromatic nitrogens is 1. The van der Waals surface area contributed by atoms with E-state index in [0.29, 0.717) is 4.88 Å². The van der Waals surface area contributed by atoms with Gasteiger partial charge in [0, 0.05) is 5.56 Å². The van der Waals surface area contributed by atoms with Crippen molar-refractivity contribution in [1.82, 2.24) is 4.98 Å². The van der Waals surface area contributed by atoms with Gasteiger partial charge in [-0.05, 0) is 34.1 Å². The van der Waals surface area contributed by atoms with Gasteiger partial charge < -0.3 is 9.47 Å². The van der Waals surface area contributed by atoms with Crippen LogP contribution in [0.15, 0.2) is 28.9 Å². The van der Waals surface area contributed by atoms with Gasteiger partial charge in [-0.2, -0.15) is 0 Å². The van der Waals surface area contributed by atoms with Crippen LogP contribution in [0.3, 0.4) is 0 Å². The predicted octanol–water partition coefficient (Wildman–Crippen LogP) is 3.37. The fourth-order valence-electron chi connectivity index (χ4n) is 1.40. The summed E-state index contributed by atoms with van der Waals surface area (Å²) >= 11 is 4.71. The van der Waals surface area contributed by atoms with Crippen LogP contribution >= 0.6 is 27.3 Å². The molecule has 0 spiro atoms. The molecule has 6 heteroatoms. The van der Waals surface area contributed by atoms with Crippen LogP contribution in [0.4, 0.5) is 0 Å². The molecule has 1 aromatic heterocycles. The normalized spacial score (nSPS) is 10.2. The van der Waals surface area contributed by atoms with Crippen LogP contribution in [-0.4, -0.2) is 25.2 Å². The predicted molar refractivity (Wildman–Crippen MR) is 73.1 cm³/mol. The van der Waals surface area contributed by atoms with Gasteiger partial charge in [-0.15, -0.1) is 11.3 Å². The lowest BCUT2D eigenvalue weighted by Gasteiger charge is -2.04. The van der Waals surface area contributed by atoms with E-state index in [-0.39, 0.29) is 5.97 Å². The van der Waals surface area contributed by atoms with Crippen LogP contribution in [0.25, 0.3) is 10.6 Å². The standard InChI is InChI=1S/C12H10BrNO3S/c1-16-9-4-3-7(5-8(9)13)11-14-6-10(18-11)12(15)17-2/h3-6H,1-2H3. The van der Waals surface area contributed by atoms with Crippen molar-refractivity contribution in [2.75, 3.05) is 14.2 Å². The summed E-state index contributed by atoms with van der Waals surface area (Å²) < 4.78 is 10.7. The van der Waals surface area contributed by atoms with Gasteiger partial charge in [-0.1, -0.05) is 0 Å². The summed E-state index contributed by atoms with van der Waals surface area (Å²) in [5, 5.41) is 0.763. The molecule has 0 unspecified atom stereocenters. The molecule has 0 aliphatic rings. The van der Waals surface area contributed by atoms with Gasteiger partial charge in [-0.25, -0.2) is 9.78 Å². The molecule has 2 aromatic rings. The Morgan fingerprint density at radius 3 is 2.78 bits per heavy atom. The third kappa shape index (κ3) is 2.54. The lowest BCUT2D eigenvalue weighted by molar-refractivity contribution is 0.0606. The molecular formula is C12H10BrNO3S. The highest BCUT2D eigenvalue weighted by Gasteiger charge is 2.12. The Morgan fingerprint density at radius 2 is 2.17 bits per heavy atom. The van der Waals surface area contributed by atoms with E-state index in [4.69, 9.17) is 4.74 Å². The number of rotatable bonds is 3. The van der Waals surface area contributed by atoms with E-state index in [0.717, 1.165) is 20.8 Å². The summed E-state index contributed by atoms with van der Waals surface area (Å²) in [6.45, 7) is 0. The molecule has 94 valence electrons. The minimum atomic E-state index is -0.369. The topological polar surface area (TPSA) is 48.4 Å². The zero-order chi connectivity index (χ0) is 13.1. The van der Waals surface area contributed by atoms with E-state index in [2.05, 4.69) is 25.7 Å². The Labute approximate surface area is 117 Å². The molecule has 18 heavy (non-hydrogen) atoms. The average molecular weight is 328 g/mol. The smallest absolute Gasteiger partial charge is 0.349 e. The molecule has 0 atom stereocenters. The molecule has 0 N–H and O–H groups in total. The summed E-state index contributed by atoms with van der Waals surface area (Å²) in [6, 6.07) is 5.64.